The van der Waals surface area contributed by atoms with Crippen LogP contribution in [0.25, 0.3) is 10.7 Å². The molecule has 0 aromatic carbocycles. The summed E-state index contributed by atoms with van der Waals surface area (Å²) >= 11 is 1.36. The van der Waals surface area contributed by atoms with Crippen molar-refractivity contribution in [3.63, 3.8) is 0 Å². The van der Waals surface area contributed by atoms with Crippen molar-refractivity contribution in [1.29, 1.82) is 0 Å². The lowest BCUT2D eigenvalue weighted by molar-refractivity contribution is 0.0515. The van der Waals surface area contributed by atoms with E-state index in [1.165, 1.54) is 17.6 Å². The van der Waals surface area contributed by atoms with Crippen LogP contribution in [-0.2, 0) is 0 Å². The molecular weight excluding hydrogens is 354 g/mol. The van der Waals surface area contributed by atoms with Gasteiger partial charge in [0.25, 0.3) is 11.8 Å². The molecule has 1 saturated heterocycles. The predicted molar refractivity (Wildman–Crippen MR) is 93.7 cm³/mol. The molecule has 1 aliphatic heterocycles. The first-order chi connectivity index (χ1) is 12.7. The van der Waals surface area contributed by atoms with Gasteiger partial charge in [-0.2, -0.15) is 0 Å². The van der Waals surface area contributed by atoms with Gasteiger partial charge < -0.3 is 14.2 Å². The van der Waals surface area contributed by atoms with Crippen molar-refractivity contribution in [1.82, 2.24) is 24.8 Å². The predicted octanol–water partition coefficient (Wildman–Crippen LogP) is 1.79. The molecule has 26 heavy (non-hydrogen) atoms. The second-order valence-electron chi connectivity index (χ2n) is 5.69. The summed E-state index contributed by atoms with van der Waals surface area (Å²) in [5, 5.41) is 2.39. The first-order valence-electron chi connectivity index (χ1n) is 8.06. The highest BCUT2D eigenvalue weighted by atomic mass is 32.1. The lowest BCUT2D eigenvalue weighted by atomic mass is 10.2. The number of hydrogen-bond acceptors (Lipinski definition) is 7. The number of aromatic nitrogens is 3. The summed E-state index contributed by atoms with van der Waals surface area (Å²) in [6.07, 6.45) is 6.27. The van der Waals surface area contributed by atoms with E-state index in [9.17, 15) is 9.59 Å². The molecule has 1 fully saturated rings. The van der Waals surface area contributed by atoms with E-state index in [1.807, 2.05) is 0 Å². The van der Waals surface area contributed by atoms with E-state index < -0.39 is 0 Å². The van der Waals surface area contributed by atoms with Gasteiger partial charge in [-0.1, -0.05) is 0 Å². The summed E-state index contributed by atoms with van der Waals surface area (Å²) in [5.74, 6) is 0.0278. The Bertz CT molecular complexity index is 902. The van der Waals surface area contributed by atoms with E-state index in [1.54, 1.807) is 45.9 Å². The van der Waals surface area contributed by atoms with Gasteiger partial charge in [-0.3, -0.25) is 19.6 Å². The molecule has 0 radical (unpaired) electrons. The highest BCUT2D eigenvalue weighted by Crippen LogP contribution is 2.22. The number of hydrogen-bond donors (Lipinski definition) is 0. The fourth-order valence-corrected chi connectivity index (χ4v) is 3.48. The molecule has 0 bridgehead atoms. The Morgan fingerprint density at radius 3 is 2.50 bits per heavy atom. The summed E-state index contributed by atoms with van der Waals surface area (Å²) in [6.45, 7) is 1.85. The molecular formula is C17H15N5O3S. The molecule has 132 valence electrons. The van der Waals surface area contributed by atoms with E-state index in [0.717, 1.165) is 0 Å². The molecule has 9 heteroatoms. The van der Waals surface area contributed by atoms with Crippen LogP contribution in [0.15, 0.2) is 46.8 Å². The van der Waals surface area contributed by atoms with Gasteiger partial charge in [0.2, 0.25) is 0 Å². The van der Waals surface area contributed by atoms with E-state index in [4.69, 9.17) is 4.42 Å². The maximum absolute atomic E-state index is 12.7. The first-order valence-corrected chi connectivity index (χ1v) is 8.94. The highest BCUT2D eigenvalue weighted by molar-refractivity contribution is 7.13. The lowest BCUT2D eigenvalue weighted by Crippen LogP contribution is -2.50. The maximum Gasteiger partial charge on any atom is 0.289 e. The van der Waals surface area contributed by atoms with Crippen LogP contribution in [0.2, 0.25) is 0 Å². The van der Waals surface area contributed by atoms with Crippen LogP contribution in [0, 0.1) is 0 Å². The minimum Gasteiger partial charge on any atom is -0.459 e. The van der Waals surface area contributed by atoms with Crippen molar-refractivity contribution in [3.8, 4) is 10.7 Å². The number of thiazole rings is 1. The number of carbonyl (C=O) groups is 2. The summed E-state index contributed by atoms with van der Waals surface area (Å²) < 4.78 is 5.15. The molecule has 0 aliphatic carbocycles. The first kappa shape index (κ1) is 16.4. The third-order valence-electron chi connectivity index (χ3n) is 4.09. The number of piperazine rings is 1. The molecule has 3 aromatic heterocycles. The Hall–Kier alpha value is -3.07. The van der Waals surface area contributed by atoms with E-state index in [-0.39, 0.29) is 11.8 Å². The van der Waals surface area contributed by atoms with Gasteiger partial charge >= 0.3 is 0 Å². The fraction of sp³-hybridized carbons (Fsp3) is 0.235. The summed E-state index contributed by atoms with van der Waals surface area (Å²) in [5.41, 5.74) is 1.03. The Labute approximate surface area is 153 Å². The highest BCUT2D eigenvalue weighted by Gasteiger charge is 2.27. The lowest BCUT2D eigenvalue weighted by Gasteiger charge is -2.34. The Morgan fingerprint density at radius 2 is 1.85 bits per heavy atom. The van der Waals surface area contributed by atoms with Crippen LogP contribution < -0.4 is 0 Å². The number of amides is 2. The van der Waals surface area contributed by atoms with Crippen molar-refractivity contribution in [2.45, 2.75) is 0 Å². The monoisotopic (exact) mass is 369 g/mol. The van der Waals surface area contributed by atoms with Crippen LogP contribution in [0.4, 0.5) is 0 Å². The molecule has 4 heterocycles. The largest absolute Gasteiger partial charge is 0.459 e. The van der Waals surface area contributed by atoms with Crippen molar-refractivity contribution in [3.05, 3.63) is 53.8 Å². The zero-order chi connectivity index (χ0) is 17.9. The number of carbonyl (C=O) groups excluding carboxylic acids is 2. The summed E-state index contributed by atoms with van der Waals surface area (Å²) in [4.78, 5) is 40.9. The zero-order valence-electron chi connectivity index (χ0n) is 13.7. The Balaban J connectivity index is 1.40. The average molecular weight is 369 g/mol. The van der Waals surface area contributed by atoms with Gasteiger partial charge in [0.05, 0.1) is 12.5 Å². The van der Waals surface area contributed by atoms with Gasteiger partial charge in [0, 0.05) is 44.0 Å². The number of rotatable bonds is 3. The van der Waals surface area contributed by atoms with Gasteiger partial charge in [0.15, 0.2) is 5.76 Å². The topological polar surface area (TPSA) is 92.4 Å². The van der Waals surface area contributed by atoms with Crippen molar-refractivity contribution in [2.75, 3.05) is 26.2 Å². The molecule has 0 atom stereocenters. The standard InChI is InChI=1S/C17H15N5O3S/c23-16(13-11-26-15(20-13)12-10-18-3-4-19-12)21-5-7-22(8-6-21)17(24)14-2-1-9-25-14/h1-4,9-11H,5-8H2. The second kappa shape index (κ2) is 7.04. The van der Waals surface area contributed by atoms with Crippen LogP contribution in [0.3, 0.4) is 0 Å². The Morgan fingerprint density at radius 1 is 1.08 bits per heavy atom. The van der Waals surface area contributed by atoms with Crippen molar-refractivity contribution < 1.29 is 14.0 Å². The van der Waals surface area contributed by atoms with Gasteiger partial charge in [-0.15, -0.1) is 11.3 Å². The molecule has 4 rings (SSSR count). The fourth-order valence-electron chi connectivity index (χ4n) is 2.73. The molecule has 0 spiro atoms. The molecule has 0 saturated carbocycles. The molecule has 0 N–H and O–H groups in total. The van der Waals surface area contributed by atoms with Crippen LogP contribution >= 0.6 is 11.3 Å². The molecule has 2 amide bonds. The van der Waals surface area contributed by atoms with Gasteiger partial charge in [0.1, 0.15) is 16.4 Å². The summed E-state index contributed by atoms with van der Waals surface area (Å²) in [6, 6.07) is 3.33. The van der Waals surface area contributed by atoms with Crippen molar-refractivity contribution >= 4 is 23.2 Å². The third-order valence-corrected chi connectivity index (χ3v) is 4.96. The van der Waals surface area contributed by atoms with E-state index >= 15 is 0 Å². The number of nitrogens with zero attached hydrogens (tertiary/aromatic N) is 5. The number of furan rings is 1. The molecule has 0 unspecified atom stereocenters. The Kier molecular flexibility index (Phi) is 4.44. The minimum atomic E-state index is -0.152. The third kappa shape index (κ3) is 3.21. The quantitative estimate of drug-likeness (QED) is 0.699. The van der Waals surface area contributed by atoms with Gasteiger partial charge in [-0.05, 0) is 12.1 Å². The van der Waals surface area contributed by atoms with Crippen LogP contribution in [0.5, 0.6) is 0 Å². The van der Waals surface area contributed by atoms with Crippen LogP contribution in [0.1, 0.15) is 21.0 Å². The van der Waals surface area contributed by atoms with Gasteiger partial charge in [-0.25, -0.2) is 4.98 Å². The average Bonchev–Trinajstić information content (AvgIpc) is 3.40. The zero-order valence-corrected chi connectivity index (χ0v) is 14.6. The van der Waals surface area contributed by atoms with Crippen LogP contribution in [-0.4, -0.2) is 62.7 Å². The normalized spacial score (nSPS) is 14.5. The van der Waals surface area contributed by atoms with E-state index in [2.05, 4.69) is 15.0 Å². The molecule has 8 nitrogen and oxygen atoms in total. The van der Waals surface area contributed by atoms with Crippen molar-refractivity contribution in [2.24, 2.45) is 0 Å². The van der Waals surface area contributed by atoms with E-state index in [0.29, 0.717) is 48.3 Å². The maximum atomic E-state index is 12.7. The minimum absolute atomic E-state index is 0.138. The second-order valence-corrected chi connectivity index (χ2v) is 6.55. The molecule has 3 aromatic rings. The SMILES string of the molecule is O=C(c1csc(-c2cnccn2)n1)N1CCN(C(=O)c2ccco2)CC1. The molecule has 1 aliphatic rings. The smallest absolute Gasteiger partial charge is 0.289 e. The summed E-state index contributed by atoms with van der Waals surface area (Å²) in [7, 11) is 0.